The lowest BCUT2D eigenvalue weighted by Gasteiger charge is -2.47. The van der Waals surface area contributed by atoms with Gasteiger partial charge in [-0.2, -0.15) is 0 Å². The molecular formula is C31H37NO7. The van der Waals surface area contributed by atoms with Gasteiger partial charge in [-0.1, -0.05) is 91.0 Å². The van der Waals surface area contributed by atoms with Crippen molar-refractivity contribution in [2.45, 2.75) is 44.2 Å². The molecule has 0 saturated carbocycles. The fourth-order valence-electron chi connectivity index (χ4n) is 4.62. The van der Waals surface area contributed by atoms with Gasteiger partial charge >= 0.3 is 0 Å². The number of likely N-dealkylation sites (tertiary alicyclic amines) is 1. The van der Waals surface area contributed by atoms with Crippen molar-refractivity contribution >= 4 is 5.91 Å². The molecule has 4 rings (SSSR count). The third-order valence-electron chi connectivity index (χ3n) is 6.53. The maximum absolute atomic E-state index is 13.8. The van der Waals surface area contributed by atoms with Gasteiger partial charge in [-0.05, 0) is 16.7 Å². The highest BCUT2D eigenvalue weighted by Gasteiger charge is 2.51. The van der Waals surface area contributed by atoms with E-state index in [0.29, 0.717) is 19.8 Å². The number of hydrogen-bond donors (Lipinski definition) is 0. The smallest absolute Gasteiger partial charge is 0.256 e. The van der Waals surface area contributed by atoms with E-state index in [0.717, 1.165) is 16.7 Å². The fraction of sp³-hybridized carbons (Fsp3) is 0.387. The van der Waals surface area contributed by atoms with Crippen LogP contribution in [0.25, 0.3) is 0 Å². The lowest BCUT2D eigenvalue weighted by Crippen LogP contribution is -2.67. The Balaban J connectivity index is 1.62. The van der Waals surface area contributed by atoms with Crippen molar-refractivity contribution in [1.29, 1.82) is 0 Å². The summed E-state index contributed by atoms with van der Waals surface area (Å²) < 4.78 is 35.6. The predicted octanol–water partition coefficient (Wildman–Crippen LogP) is 4.18. The van der Waals surface area contributed by atoms with Gasteiger partial charge in [0.05, 0.1) is 32.5 Å². The highest BCUT2D eigenvalue weighted by atomic mass is 16.7. The first-order valence-electron chi connectivity index (χ1n) is 13.0. The van der Waals surface area contributed by atoms with Crippen LogP contribution in [-0.4, -0.2) is 69.5 Å². The molecule has 8 heteroatoms. The molecule has 0 aliphatic carbocycles. The van der Waals surface area contributed by atoms with Crippen molar-refractivity contribution in [3.8, 4) is 0 Å². The minimum absolute atomic E-state index is 0.0572. The van der Waals surface area contributed by atoms with E-state index in [-0.39, 0.29) is 26.0 Å². The quantitative estimate of drug-likeness (QED) is 0.270. The topological polar surface area (TPSA) is 75.7 Å². The highest BCUT2D eigenvalue weighted by molar-refractivity contribution is 5.83. The minimum atomic E-state index is -0.949. The molecule has 0 N–H and O–H groups in total. The number of nitrogens with zero attached hydrogens (tertiary/aromatic N) is 1. The molecule has 39 heavy (non-hydrogen) atoms. The summed E-state index contributed by atoms with van der Waals surface area (Å²) in [6, 6.07) is 29.1. The summed E-state index contributed by atoms with van der Waals surface area (Å²) in [5.41, 5.74) is 3.03. The Hall–Kier alpha value is -3.11. The lowest BCUT2D eigenvalue weighted by molar-refractivity contribution is -0.229. The largest absolute Gasteiger partial charge is 0.375 e. The Labute approximate surface area is 230 Å². The van der Waals surface area contributed by atoms with Crippen LogP contribution < -0.4 is 0 Å². The molecule has 208 valence electrons. The van der Waals surface area contributed by atoms with Crippen molar-refractivity contribution in [3.05, 3.63) is 108 Å². The van der Waals surface area contributed by atoms with E-state index < -0.39 is 24.4 Å². The molecule has 3 aromatic rings. The fourth-order valence-corrected chi connectivity index (χ4v) is 4.62. The van der Waals surface area contributed by atoms with Gasteiger partial charge in [0.1, 0.15) is 25.7 Å². The molecule has 0 bridgehead atoms. The van der Waals surface area contributed by atoms with Crippen molar-refractivity contribution < 1.29 is 33.2 Å². The van der Waals surface area contributed by atoms with Gasteiger partial charge in [0.25, 0.3) is 5.91 Å². The zero-order chi connectivity index (χ0) is 27.3. The van der Waals surface area contributed by atoms with Gasteiger partial charge in [0, 0.05) is 14.2 Å². The average molecular weight is 536 g/mol. The summed E-state index contributed by atoms with van der Waals surface area (Å²) in [6.07, 6.45) is -2.23. The molecule has 1 amide bonds. The predicted molar refractivity (Wildman–Crippen MR) is 145 cm³/mol. The maximum Gasteiger partial charge on any atom is 0.256 e. The number of carbonyl (C=O) groups is 1. The first kappa shape index (κ1) is 28.9. The van der Waals surface area contributed by atoms with Crippen LogP contribution in [0.5, 0.6) is 0 Å². The number of benzene rings is 3. The summed E-state index contributed by atoms with van der Waals surface area (Å²) in [5, 5.41) is 0. The Bertz CT molecular complexity index is 1100. The van der Waals surface area contributed by atoms with Gasteiger partial charge in [0.2, 0.25) is 0 Å². The van der Waals surface area contributed by atoms with Gasteiger partial charge < -0.3 is 33.3 Å². The Kier molecular flexibility index (Phi) is 11.5. The number of amides is 1. The van der Waals surface area contributed by atoms with Crippen LogP contribution in [0.3, 0.4) is 0 Å². The lowest BCUT2D eigenvalue weighted by atomic mass is 9.93. The molecule has 1 aliphatic rings. The Morgan fingerprint density at radius 1 is 0.641 bits per heavy atom. The zero-order valence-corrected chi connectivity index (χ0v) is 22.5. The van der Waals surface area contributed by atoms with Crippen LogP contribution in [0.4, 0.5) is 0 Å². The second-order valence-corrected chi connectivity index (χ2v) is 9.31. The minimum Gasteiger partial charge on any atom is -0.375 e. The molecule has 4 atom stereocenters. The van der Waals surface area contributed by atoms with Gasteiger partial charge in [-0.15, -0.1) is 0 Å². The summed E-state index contributed by atoms with van der Waals surface area (Å²) in [6.45, 7) is 1.24. The molecule has 1 heterocycles. The number of piperidine rings is 1. The Morgan fingerprint density at radius 3 is 1.67 bits per heavy atom. The Morgan fingerprint density at radius 2 is 1.15 bits per heavy atom. The van der Waals surface area contributed by atoms with Crippen molar-refractivity contribution in [1.82, 2.24) is 4.90 Å². The SMILES string of the molecule is COCO[C@H]1C(=O)N(COC)[C@H](COCc2ccccc2)[C@@H](OCc2ccccc2)[C@@H]1OCc1ccccc1. The molecule has 0 radical (unpaired) electrons. The van der Waals surface area contributed by atoms with E-state index in [1.807, 2.05) is 91.0 Å². The summed E-state index contributed by atoms with van der Waals surface area (Å²) in [7, 11) is 3.07. The number of carbonyl (C=O) groups excluding carboxylic acids is 1. The van der Waals surface area contributed by atoms with Crippen LogP contribution in [0.1, 0.15) is 16.7 Å². The second-order valence-electron chi connectivity index (χ2n) is 9.31. The second kappa shape index (κ2) is 15.5. The van der Waals surface area contributed by atoms with Gasteiger partial charge in [0.15, 0.2) is 6.10 Å². The monoisotopic (exact) mass is 535 g/mol. The molecule has 0 unspecified atom stereocenters. The highest BCUT2D eigenvalue weighted by Crippen LogP contribution is 2.29. The standard InChI is InChI=1S/C31H37NO7/c1-34-22-32-27(21-36-18-24-12-6-3-7-13-24)28(37-19-25-14-8-4-9-15-25)29(30(31(32)33)39-23-35-2)38-20-26-16-10-5-11-17-26/h3-17,27-30H,18-23H2,1-2H3/t27-,28-,29+,30-/m1/s1. The summed E-state index contributed by atoms with van der Waals surface area (Å²) >= 11 is 0. The van der Waals surface area contributed by atoms with Gasteiger partial charge in [-0.25, -0.2) is 0 Å². The first-order chi connectivity index (χ1) is 19.2. The van der Waals surface area contributed by atoms with Crippen molar-refractivity contribution in [2.75, 3.05) is 34.4 Å². The van der Waals surface area contributed by atoms with E-state index >= 15 is 0 Å². The molecule has 0 aromatic heterocycles. The molecule has 1 fully saturated rings. The molecule has 8 nitrogen and oxygen atoms in total. The maximum atomic E-state index is 13.8. The summed E-state index contributed by atoms with van der Waals surface area (Å²) in [5.74, 6) is -0.264. The van der Waals surface area contributed by atoms with E-state index in [9.17, 15) is 4.79 Å². The van der Waals surface area contributed by atoms with Crippen molar-refractivity contribution in [2.24, 2.45) is 0 Å². The number of hydrogen-bond acceptors (Lipinski definition) is 7. The zero-order valence-electron chi connectivity index (χ0n) is 22.5. The van der Waals surface area contributed by atoms with Crippen LogP contribution in [-0.2, 0) is 53.0 Å². The molecule has 0 spiro atoms. The van der Waals surface area contributed by atoms with E-state index in [1.165, 1.54) is 7.11 Å². The first-order valence-corrected chi connectivity index (χ1v) is 13.0. The van der Waals surface area contributed by atoms with Gasteiger partial charge in [-0.3, -0.25) is 4.79 Å². The van der Waals surface area contributed by atoms with Crippen LogP contribution >= 0.6 is 0 Å². The summed E-state index contributed by atoms with van der Waals surface area (Å²) in [4.78, 5) is 15.4. The van der Waals surface area contributed by atoms with E-state index in [1.54, 1.807) is 12.0 Å². The van der Waals surface area contributed by atoms with E-state index in [4.69, 9.17) is 28.4 Å². The van der Waals surface area contributed by atoms with Crippen molar-refractivity contribution in [3.63, 3.8) is 0 Å². The third-order valence-corrected chi connectivity index (χ3v) is 6.53. The average Bonchev–Trinajstić information content (AvgIpc) is 2.98. The normalized spacial score (nSPS) is 21.3. The van der Waals surface area contributed by atoms with Crippen LogP contribution in [0.2, 0.25) is 0 Å². The molecule has 1 aliphatic heterocycles. The van der Waals surface area contributed by atoms with E-state index in [2.05, 4.69) is 0 Å². The number of rotatable bonds is 15. The molecular weight excluding hydrogens is 498 g/mol. The molecule has 3 aromatic carbocycles. The number of ether oxygens (including phenoxy) is 6. The van der Waals surface area contributed by atoms with Crippen LogP contribution in [0.15, 0.2) is 91.0 Å². The third kappa shape index (κ3) is 8.19. The number of methoxy groups -OCH3 is 2. The molecule has 1 saturated heterocycles. The van der Waals surface area contributed by atoms with Crippen LogP contribution in [0, 0.1) is 0 Å².